The minimum atomic E-state index is -1.08. The van der Waals surface area contributed by atoms with Crippen molar-refractivity contribution in [3.63, 3.8) is 0 Å². The summed E-state index contributed by atoms with van der Waals surface area (Å²) < 4.78 is 0. The Kier molecular flexibility index (Phi) is 5.53. The molecule has 0 aliphatic carbocycles. The molecule has 1 aromatic carbocycles. The van der Waals surface area contributed by atoms with E-state index in [0.717, 1.165) is 6.92 Å². The average molecular weight is 226 g/mol. The van der Waals surface area contributed by atoms with Crippen LogP contribution in [0.3, 0.4) is 0 Å². The van der Waals surface area contributed by atoms with Gasteiger partial charge in [-0.25, -0.2) is 0 Å². The van der Waals surface area contributed by atoms with E-state index < -0.39 is 13.2 Å². The van der Waals surface area contributed by atoms with Crippen LogP contribution in [0.5, 0.6) is 0 Å². The summed E-state index contributed by atoms with van der Waals surface area (Å²) in [7, 11) is -0.806. The van der Waals surface area contributed by atoms with Gasteiger partial charge in [-0.3, -0.25) is 0 Å². The van der Waals surface area contributed by atoms with Crippen LogP contribution in [-0.2, 0) is 4.79 Å². The van der Waals surface area contributed by atoms with Gasteiger partial charge in [0.1, 0.15) is 0 Å². The molecule has 0 bridgehead atoms. The van der Waals surface area contributed by atoms with Crippen LogP contribution in [0.4, 0.5) is 0 Å². The molecule has 0 aliphatic rings. The fourth-order valence-corrected chi connectivity index (χ4v) is 2.98. The van der Waals surface area contributed by atoms with E-state index in [-0.39, 0.29) is 0 Å². The molecule has 3 heteroatoms. The molecule has 0 spiro atoms. The zero-order valence-corrected chi connectivity index (χ0v) is 11.0. The van der Waals surface area contributed by atoms with Crippen molar-refractivity contribution in [1.82, 2.24) is 0 Å². The Labute approximate surface area is 92.7 Å². The number of aryl methyl sites for hydroxylation is 1. The Morgan fingerprint density at radius 1 is 1.20 bits per heavy atom. The molecule has 0 N–H and O–H groups in total. The molecule has 0 aromatic heterocycles. The highest BCUT2D eigenvalue weighted by molar-refractivity contribution is 7.81. The van der Waals surface area contributed by atoms with Crippen LogP contribution in [-0.4, -0.2) is 26.0 Å². The first kappa shape index (κ1) is 14.1. The fraction of sp³-hybridized carbons (Fsp3) is 0.417. The number of hydrogen-bond acceptors (Lipinski definition) is 2. The molecule has 1 aromatic rings. The summed E-state index contributed by atoms with van der Waals surface area (Å²) in [6.45, 7) is 10.2. The number of carboxylic acid groups (broad SMARTS) is 1. The molecule has 0 heterocycles. The highest BCUT2D eigenvalue weighted by Gasteiger charge is 2.22. The van der Waals surface area contributed by atoms with E-state index in [1.165, 1.54) is 5.56 Å². The van der Waals surface area contributed by atoms with E-state index in [9.17, 15) is 0 Å². The largest absolute Gasteiger partial charge is 0.550 e. The van der Waals surface area contributed by atoms with Crippen LogP contribution < -0.4 is 10.4 Å². The molecule has 0 unspecified atom stereocenters. The second-order valence-electron chi connectivity index (χ2n) is 4.29. The van der Waals surface area contributed by atoms with E-state index in [0.29, 0.717) is 0 Å². The second-order valence-corrected chi connectivity index (χ2v) is 8.80. The molecule has 0 atom stereocenters. The minimum absolute atomic E-state index is 0.806. The van der Waals surface area contributed by atoms with Crippen LogP contribution in [0.25, 0.3) is 0 Å². The molecule has 2 nitrogen and oxygen atoms in total. The highest BCUT2D eigenvalue weighted by atomic mass is 31.2. The molecule has 0 aliphatic heterocycles. The van der Waals surface area contributed by atoms with Gasteiger partial charge in [-0.15, -0.1) is 0 Å². The Morgan fingerprint density at radius 3 is 1.87 bits per heavy atom. The molecular weight excluding hydrogens is 207 g/mol. The Balaban J connectivity index is 0.000000423. The molecule has 15 heavy (non-hydrogen) atoms. The van der Waals surface area contributed by atoms with Gasteiger partial charge < -0.3 is 9.90 Å². The summed E-state index contributed by atoms with van der Waals surface area (Å²) >= 11 is 0. The van der Waals surface area contributed by atoms with Crippen molar-refractivity contribution in [1.29, 1.82) is 0 Å². The number of rotatable bonds is 1. The van der Waals surface area contributed by atoms with E-state index >= 15 is 0 Å². The summed E-state index contributed by atoms with van der Waals surface area (Å²) in [6, 6.07) is 8.69. The maximum absolute atomic E-state index is 8.89. The van der Waals surface area contributed by atoms with Crippen molar-refractivity contribution in [3.05, 3.63) is 29.8 Å². The fourth-order valence-electron chi connectivity index (χ4n) is 1.32. The molecular formula is C12H19O2P. The lowest BCUT2D eigenvalue weighted by Gasteiger charge is -2.13. The molecule has 0 saturated heterocycles. The monoisotopic (exact) mass is 226 g/mol. The Bertz CT molecular complexity index is 323. The Hall–Kier alpha value is -0.880. The van der Waals surface area contributed by atoms with Crippen molar-refractivity contribution >= 4 is 18.5 Å². The summed E-state index contributed by atoms with van der Waals surface area (Å²) in [5, 5.41) is 10.4. The summed E-state index contributed by atoms with van der Waals surface area (Å²) in [5.41, 5.74) is 1.44. The van der Waals surface area contributed by atoms with Gasteiger partial charge in [0.15, 0.2) is 0 Å². The third kappa shape index (κ3) is 6.24. The zero-order chi connectivity index (χ0) is 12.1. The quantitative estimate of drug-likeness (QED) is 0.677. The van der Waals surface area contributed by atoms with Crippen molar-refractivity contribution < 1.29 is 9.90 Å². The van der Waals surface area contributed by atoms with Crippen molar-refractivity contribution in [2.45, 2.75) is 13.8 Å². The van der Waals surface area contributed by atoms with Crippen LogP contribution in [0.15, 0.2) is 24.3 Å². The predicted molar refractivity (Wildman–Crippen MR) is 66.2 cm³/mol. The topological polar surface area (TPSA) is 40.1 Å². The van der Waals surface area contributed by atoms with Crippen molar-refractivity contribution in [3.8, 4) is 0 Å². The van der Waals surface area contributed by atoms with E-state index in [1.54, 1.807) is 5.30 Å². The summed E-state index contributed by atoms with van der Waals surface area (Å²) in [5.74, 6) is -1.08. The van der Waals surface area contributed by atoms with Gasteiger partial charge in [0.25, 0.3) is 0 Å². The van der Waals surface area contributed by atoms with Gasteiger partial charge in [0, 0.05) is 13.2 Å². The number of hydrogen-bond donors (Lipinski definition) is 0. The average Bonchev–Trinajstić information content (AvgIpc) is 2.01. The first-order chi connectivity index (χ1) is 6.75. The SMILES string of the molecule is CC(=O)[O-].Cc1ccccc1[P+](C)(C)C. The van der Waals surface area contributed by atoms with Gasteiger partial charge in [0.05, 0.1) is 25.3 Å². The predicted octanol–water partition coefficient (Wildman–Crippen LogP) is 1.28. The lowest BCUT2D eigenvalue weighted by Crippen LogP contribution is -2.16. The first-order valence-electron chi connectivity index (χ1n) is 4.80. The molecule has 84 valence electrons. The number of carboxylic acids is 1. The van der Waals surface area contributed by atoms with Crippen molar-refractivity contribution in [2.75, 3.05) is 20.0 Å². The molecule has 0 fully saturated rings. The summed E-state index contributed by atoms with van der Waals surface area (Å²) in [6.07, 6.45) is 0. The smallest absolute Gasteiger partial charge is 0.0959 e. The van der Waals surface area contributed by atoms with Gasteiger partial charge in [0.2, 0.25) is 0 Å². The van der Waals surface area contributed by atoms with E-state index in [4.69, 9.17) is 9.90 Å². The molecule has 1 rings (SSSR count). The van der Waals surface area contributed by atoms with Gasteiger partial charge in [-0.2, -0.15) is 0 Å². The van der Waals surface area contributed by atoms with Gasteiger partial charge >= 0.3 is 0 Å². The normalized spacial score (nSPS) is 10.2. The number of carbonyl (C=O) groups is 1. The molecule has 0 amide bonds. The number of benzene rings is 1. The van der Waals surface area contributed by atoms with Gasteiger partial charge in [-0.1, -0.05) is 18.2 Å². The minimum Gasteiger partial charge on any atom is -0.550 e. The van der Waals surface area contributed by atoms with Crippen LogP contribution >= 0.6 is 7.26 Å². The van der Waals surface area contributed by atoms with E-state index in [1.807, 2.05) is 0 Å². The zero-order valence-electron chi connectivity index (χ0n) is 10.1. The van der Waals surface area contributed by atoms with Gasteiger partial charge in [-0.05, 0) is 25.5 Å². The maximum Gasteiger partial charge on any atom is 0.0959 e. The molecule has 0 radical (unpaired) electrons. The third-order valence-electron chi connectivity index (χ3n) is 1.84. The standard InChI is InChI=1S/C10H16P.C2H4O2/c1-9-7-5-6-8-10(9)11(2,3)4;1-2(3)4/h5-8H,1-4H3;1H3,(H,3,4)/q+1;/p-1. The van der Waals surface area contributed by atoms with Crippen LogP contribution in [0.2, 0.25) is 0 Å². The first-order valence-corrected chi connectivity index (χ1v) is 7.93. The van der Waals surface area contributed by atoms with E-state index in [2.05, 4.69) is 51.2 Å². The summed E-state index contributed by atoms with van der Waals surface area (Å²) in [4.78, 5) is 8.89. The number of aliphatic carboxylic acids is 1. The lowest BCUT2D eigenvalue weighted by molar-refractivity contribution is -0.302. The third-order valence-corrected chi connectivity index (χ3v) is 3.79. The highest BCUT2D eigenvalue weighted by Crippen LogP contribution is 2.45. The van der Waals surface area contributed by atoms with Crippen LogP contribution in [0, 0.1) is 6.92 Å². The molecule has 0 saturated carbocycles. The number of carbonyl (C=O) groups excluding carboxylic acids is 1. The Morgan fingerprint density at radius 2 is 1.60 bits per heavy atom. The van der Waals surface area contributed by atoms with Crippen molar-refractivity contribution in [2.24, 2.45) is 0 Å². The second kappa shape index (κ2) is 5.87. The van der Waals surface area contributed by atoms with Crippen LogP contribution in [0.1, 0.15) is 12.5 Å². The lowest BCUT2D eigenvalue weighted by atomic mass is 10.2. The maximum atomic E-state index is 8.89.